The van der Waals surface area contributed by atoms with E-state index < -0.39 is 11.7 Å². The topological polar surface area (TPSA) is 66.0 Å². The quantitative estimate of drug-likeness (QED) is 0.744. The van der Waals surface area contributed by atoms with Crippen molar-refractivity contribution < 1.29 is 13.6 Å². The summed E-state index contributed by atoms with van der Waals surface area (Å²) in [6, 6.07) is 11.0. The van der Waals surface area contributed by atoms with Crippen LogP contribution in [0.15, 0.2) is 40.8 Å². The van der Waals surface area contributed by atoms with Crippen LogP contribution in [0.3, 0.4) is 0 Å². The van der Waals surface area contributed by atoms with Crippen molar-refractivity contribution in [2.24, 2.45) is 0 Å². The van der Waals surface area contributed by atoms with Crippen LogP contribution < -0.4 is 5.32 Å². The first-order valence-electron chi connectivity index (χ1n) is 6.70. The number of anilines is 1. The number of halogens is 2. The van der Waals surface area contributed by atoms with Gasteiger partial charge in [-0.25, -0.2) is 4.39 Å². The first-order valence-corrected chi connectivity index (χ1v) is 7.07. The number of fused-ring (bicyclic) bond motifs is 1. The van der Waals surface area contributed by atoms with Gasteiger partial charge in [-0.05, 0) is 31.2 Å². The molecule has 1 aromatic heterocycles. The highest BCUT2D eigenvalue weighted by Gasteiger charge is 2.19. The fraction of sp³-hybridized carbons (Fsp3) is 0.0588. The molecule has 0 aliphatic carbocycles. The first kappa shape index (κ1) is 15.1. The van der Waals surface area contributed by atoms with E-state index in [1.807, 2.05) is 6.07 Å². The lowest BCUT2D eigenvalue weighted by atomic mass is 10.1. The van der Waals surface area contributed by atoms with E-state index in [0.29, 0.717) is 22.2 Å². The van der Waals surface area contributed by atoms with Gasteiger partial charge in [0.25, 0.3) is 5.91 Å². The second-order valence-corrected chi connectivity index (χ2v) is 5.34. The summed E-state index contributed by atoms with van der Waals surface area (Å²) < 4.78 is 19.1. The molecule has 1 N–H and O–H groups in total. The number of nitrogens with one attached hydrogen (secondary N) is 1. The molecule has 3 rings (SSSR count). The summed E-state index contributed by atoms with van der Waals surface area (Å²) in [7, 11) is 0. The number of rotatable bonds is 2. The van der Waals surface area contributed by atoms with Crippen molar-refractivity contribution in [2.75, 3.05) is 5.32 Å². The zero-order valence-electron chi connectivity index (χ0n) is 12.0. The molecule has 0 bridgehead atoms. The lowest BCUT2D eigenvalue weighted by molar-refractivity contribution is 0.0997. The van der Waals surface area contributed by atoms with Crippen LogP contribution in [0.1, 0.15) is 21.7 Å². The van der Waals surface area contributed by atoms with Crippen molar-refractivity contribution >= 4 is 34.2 Å². The SMILES string of the molecule is Cc1c(C(=O)Nc2ccc(C#N)c(Cl)c2)oc2c(F)cccc12. The number of para-hydroxylation sites is 1. The maximum Gasteiger partial charge on any atom is 0.291 e. The van der Waals surface area contributed by atoms with Crippen LogP contribution in [0.5, 0.6) is 0 Å². The fourth-order valence-electron chi connectivity index (χ4n) is 2.30. The van der Waals surface area contributed by atoms with Crippen LogP contribution in [-0.2, 0) is 0 Å². The van der Waals surface area contributed by atoms with Gasteiger partial charge in [-0.15, -0.1) is 0 Å². The molecule has 0 spiro atoms. The Labute approximate surface area is 136 Å². The number of hydrogen-bond acceptors (Lipinski definition) is 3. The Kier molecular flexibility index (Phi) is 3.77. The summed E-state index contributed by atoms with van der Waals surface area (Å²) in [5.74, 6) is -1.00. The molecule has 1 heterocycles. The molecule has 1 amide bonds. The largest absolute Gasteiger partial charge is 0.448 e. The lowest BCUT2D eigenvalue weighted by Gasteiger charge is -2.05. The Morgan fingerprint density at radius 2 is 2.13 bits per heavy atom. The minimum Gasteiger partial charge on any atom is -0.448 e. The second-order valence-electron chi connectivity index (χ2n) is 4.93. The molecule has 2 aromatic carbocycles. The number of carbonyl (C=O) groups excluding carboxylic acids is 1. The normalized spacial score (nSPS) is 10.5. The smallest absolute Gasteiger partial charge is 0.291 e. The van der Waals surface area contributed by atoms with Crippen LogP contribution >= 0.6 is 11.6 Å². The van der Waals surface area contributed by atoms with E-state index in [1.165, 1.54) is 18.2 Å². The number of carbonyl (C=O) groups is 1. The number of nitriles is 1. The monoisotopic (exact) mass is 328 g/mol. The van der Waals surface area contributed by atoms with Gasteiger partial charge in [0.2, 0.25) is 0 Å². The molecule has 0 aliphatic rings. The highest BCUT2D eigenvalue weighted by molar-refractivity contribution is 6.32. The maximum atomic E-state index is 13.7. The molecule has 0 fully saturated rings. The van der Waals surface area contributed by atoms with Gasteiger partial charge in [-0.1, -0.05) is 23.7 Å². The Morgan fingerprint density at radius 3 is 2.78 bits per heavy atom. The van der Waals surface area contributed by atoms with E-state index in [2.05, 4.69) is 5.32 Å². The van der Waals surface area contributed by atoms with Gasteiger partial charge in [-0.2, -0.15) is 5.26 Å². The summed E-state index contributed by atoms with van der Waals surface area (Å²) in [5, 5.41) is 12.2. The third-order valence-corrected chi connectivity index (χ3v) is 3.78. The van der Waals surface area contributed by atoms with Gasteiger partial charge in [0.15, 0.2) is 17.2 Å². The van der Waals surface area contributed by atoms with Gasteiger partial charge < -0.3 is 9.73 Å². The van der Waals surface area contributed by atoms with Gasteiger partial charge in [-0.3, -0.25) is 4.79 Å². The summed E-state index contributed by atoms with van der Waals surface area (Å²) >= 11 is 5.93. The molecular weight excluding hydrogens is 319 g/mol. The van der Waals surface area contributed by atoms with Crippen LogP contribution in [-0.4, -0.2) is 5.91 Å². The maximum absolute atomic E-state index is 13.7. The summed E-state index contributed by atoms with van der Waals surface area (Å²) in [6.07, 6.45) is 0. The van der Waals surface area contributed by atoms with Crippen LogP contribution in [0.25, 0.3) is 11.0 Å². The standard InChI is InChI=1S/C17H10ClFN2O2/c1-9-12-3-2-4-14(19)16(12)23-15(9)17(22)21-11-6-5-10(8-20)13(18)7-11/h2-7H,1H3,(H,21,22). The minimum absolute atomic E-state index is 0.0329. The highest BCUT2D eigenvalue weighted by Crippen LogP contribution is 2.28. The van der Waals surface area contributed by atoms with E-state index in [-0.39, 0.29) is 16.4 Å². The number of aryl methyl sites for hydroxylation is 1. The van der Waals surface area contributed by atoms with Gasteiger partial charge in [0.05, 0.1) is 10.6 Å². The molecule has 0 radical (unpaired) electrons. The molecule has 3 aromatic rings. The molecule has 0 unspecified atom stereocenters. The predicted octanol–water partition coefficient (Wildman–Crippen LogP) is 4.66. The second kappa shape index (κ2) is 5.75. The van der Waals surface area contributed by atoms with Crippen molar-refractivity contribution in [3.8, 4) is 6.07 Å². The Balaban J connectivity index is 1.95. The summed E-state index contributed by atoms with van der Waals surface area (Å²) in [6.45, 7) is 1.69. The molecule has 23 heavy (non-hydrogen) atoms. The van der Waals surface area contributed by atoms with E-state index in [9.17, 15) is 9.18 Å². The van der Waals surface area contributed by atoms with Crippen LogP contribution in [0.4, 0.5) is 10.1 Å². The van der Waals surface area contributed by atoms with Gasteiger partial charge >= 0.3 is 0 Å². The Bertz CT molecular complexity index is 973. The molecule has 0 atom stereocenters. The molecule has 0 saturated carbocycles. The highest BCUT2D eigenvalue weighted by atomic mass is 35.5. The van der Waals surface area contributed by atoms with Crippen LogP contribution in [0.2, 0.25) is 5.02 Å². The molecule has 0 aliphatic heterocycles. The summed E-state index contributed by atoms with van der Waals surface area (Å²) in [5.41, 5.74) is 1.33. The third-order valence-electron chi connectivity index (χ3n) is 3.47. The number of furan rings is 1. The number of amides is 1. The minimum atomic E-state index is -0.522. The molecular formula is C17H10ClFN2O2. The van der Waals surface area contributed by atoms with Crippen molar-refractivity contribution in [3.63, 3.8) is 0 Å². The zero-order chi connectivity index (χ0) is 16.6. The van der Waals surface area contributed by atoms with Gasteiger partial charge in [0, 0.05) is 16.6 Å². The average Bonchev–Trinajstić information content (AvgIpc) is 2.86. The van der Waals surface area contributed by atoms with Crippen molar-refractivity contribution in [1.29, 1.82) is 5.26 Å². The number of hydrogen-bond donors (Lipinski definition) is 1. The van der Waals surface area contributed by atoms with E-state index >= 15 is 0 Å². The van der Waals surface area contributed by atoms with Gasteiger partial charge in [0.1, 0.15) is 6.07 Å². The first-order chi connectivity index (χ1) is 11.0. The van der Waals surface area contributed by atoms with E-state index in [4.69, 9.17) is 21.3 Å². The van der Waals surface area contributed by atoms with Crippen molar-refractivity contribution in [1.82, 2.24) is 0 Å². The molecule has 4 nitrogen and oxygen atoms in total. The predicted molar refractivity (Wildman–Crippen MR) is 85.0 cm³/mol. The fourth-order valence-corrected chi connectivity index (χ4v) is 2.52. The lowest BCUT2D eigenvalue weighted by Crippen LogP contribution is -2.12. The Hall–Kier alpha value is -2.84. The van der Waals surface area contributed by atoms with Crippen LogP contribution in [0, 0.1) is 24.1 Å². The summed E-state index contributed by atoms with van der Waals surface area (Å²) in [4.78, 5) is 12.3. The average molecular weight is 329 g/mol. The number of benzene rings is 2. The zero-order valence-corrected chi connectivity index (χ0v) is 12.7. The molecule has 0 saturated heterocycles. The number of nitrogens with zero attached hydrogens (tertiary/aromatic N) is 1. The Morgan fingerprint density at radius 1 is 1.35 bits per heavy atom. The van der Waals surface area contributed by atoms with Crippen molar-refractivity contribution in [2.45, 2.75) is 6.92 Å². The third kappa shape index (κ3) is 2.65. The van der Waals surface area contributed by atoms with Crippen molar-refractivity contribution in [3.05, 3.63) is 64.1 Å². The molecule has 114 valence electrons. The van der Waals surface area contributed by atoms with E-state index in [0.717, 1.165) is 0 Å². The van der Waals surface area contributed by atoms with E-state index in [1.54, 1.807) is 25.1 Å². The molecule has 6 heteroatoms.